The summed E-state index contributed by atoms with van der Waals surface area (Å²) < 4.78 is 0. The molecule has 0 aliphatic heterocycles. The van der Waals surface area contributed by atoms with Crippen LogP contribution in [-0.4, -0.2) is 0 Å². The van der Waals surface area contributed by atoms with Crippen molar-refractivity contribution in [3.05, 3.63) is 33.8 Å². The van der Waals surface area contributed by atoms with Crippen LogP contribution in [0.2, 0.25) is 10.0 Å². The van der Waals surface area contributed by atoms with Crippen LogP contribution in [0, 0.1) is 11.3 Å². The molecule has 17 heavy (non-hydrogen) atoms. The van der Waals surface area contributed by atoms with E-state index in [4.69, 9.17) is 23.2 Å². The highest BCUT2D eigenvalue weighted by atomic mass is 79.9. The summed E-state index contributed by atoms with van der Waals surface area (Å²) >= 11 is 15.9. The van der Waals surface area contributed by atoms with Crippen LogP contribution in [0.4, 0.5) is 0 Å². The molecule has 0 saturated heterocycles. The fourth-order valence-electron chi connectivity index (χ4n) is 2.81. The number of benzene rings is 1. The van der Waals surface area contributed by atoms with Crippen molar-refractivity contribution in [2.45, 2.75) is 37.9 Å². The van der Waals surface area contributed by atoms with Gasteiger partial charge in [-0.25, -0.2) is 0 Å². The Hall–Kier alpha value is 0.280. The minimum absolute atomic E-state index is 0.370. The van der Waals surface area contributed by atoms with E-state index in [2.05, 4.69) is 35.8 Å². The van der Waals surface area contributed by atoms with E-state index in [1.54, 1.807) is 0 Å². The molecule has 0 bridgehead atoms. The fourth-order valence-corrected chi connectivity index (χ4v) is 4.38. The molecule has 1 aliphatic rings. The number of halogens is 3. The van der Waals surface area contributed by atoms with Crippen LogP contribution in [0.25, 0.3) is 0 Å². The maximum Gasteiger partial charge on any atom is 0.0595 e. The molecule has 0 aromatic heterocycles. The van der Waals surface area contributed by atoms with Crippen molar-refractivity contribution in [2.24, 2.45) is 11.3 Å². The molecular weight excluding hydrogens is 319 g/mol. The number of rotatable bonds is 2. The maximum atomic E-state index is 6.08. The minimum Gasteiger partial charge on any atom is -0.0836 e. The second kappa shape index (κ2) is 5.11. The van der Waals surface area contributed by atoms with Gasteiger partial charge in [-0.15, -0.1) is 0 Å². The summed E-state index contributed by atoms with van der Waals surface area (Å²) in [5.74, 6) is 0.666. The van der Waals surface area contributed by atoms with Gasteiger partial charge in [-0.1, -0.05) is 65.5 Å². The van der Waals surface area contributed by atoms with E-state index in [0.29, 0.717) is 26.2 Å². The molecule has 0 N–H and O–H groups in total. The lowest BCUT2D eigenvalue weighted by Gasteiger charge is -2.31. The van der Waals surface area contributed by atoms with E-state index < -0.39 is 0 Å². The van der Waals surface area contributed by atoms with E-state index in [1.807, 2.05) is 12.1 Å². The number of alkyl halides is 1. The molecule has 0 heterocycles. The molecule has 1 saturated carbocycles. The summed E-state index contributed by atoms with van der Waals surface area (Å²) in [6, 6.07) is 5.94. The first-order chi connectivity index (χ1) is 7.92. The molecule has 1 aromatic carbocycles. The molecule has 0 radical (unpaired) electrons. The second-order valence-corrected chi connectivity index (χ2v) is 7.36. The van der Waals surface area contributed by atoms with Gasteiger partial charge in [0.15, 0.2) is 0 Å². The Morgan fingerprint density at radius 2 is 2.00 bits per heavy atom. The van der Waals surface area contributed by atoms with Crippen molar-refractivity contribution in [2.75, 3.05) is 0 Å². The van der Waals surface area contributed by atoms with Crippen LogP contribution in [0.5, 0.6) is 0 Å². The molecule has 3 heteroatoms. The van der Waals surface area contributed by atoms with Gasteiger partial charge in [-0.2, -0.15) is 0 Å². The Bertz CT molecular complexity index is 415. The molecule has 2 rings (SSSR count). The molecular formula is C14H17BrCl2. The summed E-state index contributed by atoms with van der Waals surface area (Å²) in [5.41, 5.74) is 1.64. The lowest BCUT2D eigenvalue weighted by atomic mass is 9.78. The van der Waals surface area contributed by atoms with Crippen LogP contribution in [0.3, 0.4) is 0 Å². The van der Waals surface area contributed by atoms with Gasteiger partial charge >= 0.3 is 0 Å². The summed E-state index contributed by atoms with van der Waals surface area (Å²) in [7, 11) is 0. The fraction of sp³-hybridized carbons (Fsp3) is 0.571. The largest absolute Gasteiger partial charge is 0.0836 e. The van der Waals surface area contributed by atoms with Crippen molar-refractivity contribution in [3.63, 3.8) is 0 Å². The topological polar surface area (TPSA) is 0 Å². The van der Waals surface area contributed by atoms with Gasteiger partial charge in [-0.05, 0) is 41.9 Å². The van der Waals surface area contributed by atoms with Gasteiger partial charge in [0.05, 0.1) is 10.0 Å². The van der Waals surface area contributed by atoms with Crippen LogP contribution in [-0.2, 0) is 0 Å². The zero-order valence-corrected chi connectivity index (χ0v) is 13.2. The van der Waals surface area contributed by atoms with E-state index >= 15 is 0 Å². The molecule has 2 atom stereocenters. The average Bonchev–Trinajstić information content (AvgIpc) is 2.61. The summed E-state index contributed by atoms with van der Waals surface area (Å²) in [4.78, 5) is 0.370. The first-order valence-electron chi connectivity index (χ1n) is 6.01. The third-order valence-electron chi connectivity index (χ3n) is 3.96. The quantitative estimate of drug-likeness (QED) is 0.560. The van der Waals surface area contributed by atoms with Crippen molar-refractivity contribution in [1.82, 2.24) is 0 Å². The molecule has 2 unspecified atom stereocenters. The average molecular weight is 336 g/mol. The molecule has 0 spiro atoms. The van der Waals surface area contributed by atoms with Crippen molar-refractivity contribution in [1.29, 1.82) is 0 Å². The predicted molar refractivity (Wildman–Crippen MR) is 79.3 cm³/mol. The number of hydrogen-bond donors (Lipinski definition) is 0. The Morgan fingerprint density at radius 3 is 2.53 bits per heavy atom. The highest BCUT2D eigenvalue weighted by molar-refractivity contribution is 9.09. The Kier molecular flexibility index (Phi) is 4.12. The van der Waals surface area contributed by atoms with Gasteiger partial charge in [0.1, 0.15) is 0 Å². The lowest BCUT2D eigenvalue weighted by Crippen LogP contribution is -2.21. The van der Waals surface area contributed by atoms with Crippen molar-refractivity contribution < 1.29 is 0 Å². The predicted octanol–water partition coefficient (Wildman–Crippen LogP) is 6.26. The molecule has 1 aromatic rings. The van der Waals surface area contributed by atoms with E-state index in [9.17, 15) is 0 Å². The zero-order chi connectivity index (χ0) is 12.6. The number of hydrogen-bond acceptors (Lipinski definition) is 0. The van der Waals surface area contributed by atoms with Gasteiger partial charge < -0.3 is 0 Å². The van der Waals surface area contributed by atoms with Crippen LogP contribution >= 0.6 is 39.1 Å². The highest BCUT2D eigenvalue weighted by Gasteiger charge is 2.39. The van der Waals surface area contributed by atoms with Gasteiger partial charge in [-0.3, -0.25) is 0 Å². The molecule has 0 nitrogen and oxygen atoms in total. The minimum atomic E-state index is 0.370. The van der Waals surface area contributed by atoms with Gasteiger partial charge in [0.25, 0.3) is 0 Å². The zero-order valence-electron chi connectivity index (χ0n) is 10.1. The molecule has 94 valence electrons. The van der Waals surface area contributed by atoms with E-state index in [0.717, 1.165) is 0 Å². The summed E-state index contributed by atoms with van der Waals surface area (Å²) in [6.07, 6.45) is 3.91. The standard InChI is InChI=1S/C14H17BrCl2/c1-14(2)7-3-4-10(14)13(15)9-5-6-11(16)12(17)8-9/h5-6,8,10,13H,3-4,7H2,1-2H3. The van der Waals surface area contributed by atoms with Crippen molar-refractivity contribution >= 4 is 39.1 Å². The third-order valence-corrected chi connectivity index (χ3v) is 5.86. The van der Waals surface area contributed by atoms with Gasteiger partial charge in [0.2, 0.25) is 0 Å². The Labute approximate surface area is 122 Å². The Balaban J connectivity index is 2.25. The second-order valence-electron chi connectivity index (χ2n) is 5.56. The first-order valence-corrected chi connectivity index (χ1v) is 7.68. The molecule has 0 amide bonds. The maximum absolute atomic E-state index is 6.08. The Morgan fingerprint density at radius 1 is 1.29 bits per heavy atom. The van der Waals surface area contributed by atoms with E-state index in [1.165, 1.54) is 24.8 Å². The van der Waals surface area contributed by atoms with Gasteiger partial charge in [0, 0.05) is 4.83 Å². The van der Waals surface area contributed by atoms with Crippen LogP contribution < -0.4 is 0 Å². The van der Waals surface area contributed by atoms with Crippen LogP contribution in [0.1, 0.15) is 43.5 Å². The highest BCUT2D eigenvalue weighted by Crippen LogP contribution is 2.52. The monoisotopic (exact) mass is 334 g/mol. The smallest absolute Gasteiger partial charge is 0.0595 e. The summed E-state index contributed by atoms with van der Waals surface area (Å²) in [5, 5.41) is 1.27. The molecule has 1 fully saturated rings. The SMILES string of the molecule is CC1(C)CCCC1C(Br)c1ccc(Cl)c(Cl)c1. The summed E-state index contributed by atoms with van der Waals surface area (Å²) in [6.45, 7) is 4.72. The van der Waals surface area contributed by atoms with E-state index in [-0.39, 0.29) is 0 Å². The third kappa shape index (κ3) is 2.83. The normalized spacial score (nSPS) is 24.9. The van der Waals surface area contributed by atoms with Crippen molar-refractivity contribution in [3.8, 4) is 0 Å². The lowest BCUT2D eigenvalue weighted by molar-refractivity contribution is 0.257. The van der Waals surface area contributed by atoms with Crippen LogP contribution in [0.15, 0.2) is 18.2 Å². The first kappa shape index (κ1) is 13.7. The molecule has 1 aliphatic carbocycles.